The van der Waals surface area contributed by atoms with Gasteiger partial charge < -0.3 is 33.8 Å². The molecule has 0 aliphatic carbocycles. The van der Waals surface area contributed by atoms with Crippen LogP contribution in [0.2, 0.25) is 0 Å². The summed E-state index contributed by atoms with van der Waals surface area (Å²) in [5.74, 6) is -0.376. The van der Waals surface area contributed by atoms with E-state index in [0.29, 0.717) is 106 Å². The number of carbonyl (C=O) groups excluding carboxylic acids is 5. The van der Waals surface area contributed by atoms with Crippen LogP contribution in [0.5, 0.6) is 0 Å². The molecule has 11 rings (SSSR count). The molecule has 2 aromatic carbocycles. The van der Waals surface area contributed by atoms with Crippen LogP contribution in [0.25, 0.3) is 22.0 Å². The molecule has 1 atom stereocenters. The van der Waals surface area contributed by atoms with Crippen LogP contribution in [0, 0.1) is 0 Å². The third-order valence-corrected chi connectivity index (χ3v) is 14.7. The second-order valence-electron chi connectivity index (χ2n) is 18.5. The zero-order chi connectivity index (χ0) is 46.1. The number of aromatic nitrogens is 4. The largest absolute Gasteiger partial charge is 0.381 e. The number of halogens is 2. The lowest BCUT2D eigenvalue weighted by Crippen LogP contribution is -2.52. The Kier molecular flexibility index (Phi) is 11.0. The van der Waals surface area contributed by atoms with E-state index in [9.17, 15) is 24.0 Å². The lowest BCUT2D eigenvalue weighted by atomic mass is 9.91. The number of benzene rings is 2. The minimum absolute atomic E-state index is 0.00731. The average molecular weight is 915 g/mol. The number of piperidine rings is 1. The fourth-order valence-electron chi connectivity index (χ4n) is 11.1. The molecular formula is C49H52F2N10O6. The number of imide groups is 1. The molecular weight excluding hydrogens is 863 g/mol. The first kappa shape index (κ1) is 42.9. The monoisotopic (exact) mass is 914 g/mol. The third kappa shape index (κ3) is 7.68. The Morgan fingerprint density at radius 3 is 2.46 bits per heavy atom. The minimum atomic E-state index is -2.80. The first-order chi connectivity index (χ1) is 32.5. The number of ether oxygens (including phenoxy) is 1. The summed E-state index contributed by atoms with van der Waals surface area (Å²) >= 11 is 0. The van der Waals surface area contributed by atoms with Gasteiger partial charge in [0.05, 0.1) is 18.1 Å². The van der Waals surface area contributed by atoms with Crippen molar-refractivity contribution in [2.24, 2.45) is 0 Å². The lowest BCUT2D eigenvalue weighted by Gasteiger charge is -2.36. The van der Waals surface area contributed by atoms with E-state index in [1.165, 1.54) is 4.90 Å². The molecule has 5 aromatic rings. The van der Waals surface area contributed by atoms with Gasteiger partial charge in [0.1, 0.15) is 12.6 Å². The van der Waals surface area contributed by atoms with Gasteiger partial charge in [-0.15, -0.1) is 0 Å². The summed E-state index contributed by atoms with van der Waals surface area (Å²) in [6.45, 7) is 6.86. The van der Waals surface area contributed by atoms with Gasteiger partial charge in [0.15, 0.2) is 5.82 Å². The molecule has 6 aliphatic rings. The van der Waals surface area contributed by atoms with Crippen LogP contribution in [0.1, 0.15) is 89.8 Å². The second kappa shape index (κ2) is 17.2. The molecule has 3 aromatic heterocycles. The fourth-order valence-corrected chi connectivity index (χ4v) is 11.1. The number of aryl methyl sites for hydroxylation is 1. The topological polar surface area (TPSA) is 158 Å². The molecule has 348 valence electrons. The quantitative estimate of drug-likeness (QED) is 0.203. The Balaban J connectivity index is 0.831. The van der Waals surface area contributed by atoms with Gasteiger partial charge in [0.25, 0.3) is 12.3 Å². The number of piperazine rings is 1. The van der Waals surface area contributed by atoms with Crippen molar-refractivity contribution in [3.8, 4) is 11.1 Å². The second-order valence-corrected chi connectivity index (χ2v) is 18.5. The first-order valence-electron chi connectivity index (χ1n) is 23.4. The maximum Gasteiger partial charge on any atom is 0.264 e. The van der Waals surface area contributed by atoms with Gasteiger partial charge in [-0.1, -0.05) is 0 Å². The predicted molar refractivity (Wildman–Crippen MR) is 243 cm³/mol. The van der Waals surface area contributed by atoms with Gasteiger partial charge in [0, 0.05) is 142 Å². The van der Waals surface area contributed by atoms with Crippen LogP contribution in [0.15, 0.2) is 55.0 Å². The molecule has 3 fully saturated rings. The number of amides is 5. The highest BCUT2D eigenvalue weighted by atomic mass is 19.3. The summed E-state index contributed by atoms with van der Waals surface area (Å²) in [5, 5.41) is 8.25. The minimum Gasteiger partial charge on any atom is -0.381 e. The number of fused-ring (bicyclic) bond motifs is 4. The van der Waals surface area contributed by atoms with E-state index in [-0.39, 0.29) is 54.7 Å². The molecule has 6 aliphatic heterocycles. The Morgan fingerprint density at radius 1 is 0.866 bits per heavy atom. The molecule has 1 N–H and O–H groups in total. The Bertz CT molecular complexity index is 2840. The molecule has 9 heterocycles. The number of hydrogen-bond acceptors (Lipinski definition) is 10. The molecule has 16 nitrogen and oxygen atoms in total. The Morgan fingerprint density at radius 2 is 1.69 bits per heavy atom. The third-order valence-electron chi connectivity index (χ3n) is 14.7. The standard InChI is InChI=1S/C49H52F2N10O6/c1-29(62)57-14-9-41-39(27-57)47(54-61(41)32-10-19-67-20-11-32)59-13-2-3-30-22-35(36(46(50)51)23-43(30)59)38-26-58(40-8-12-52-24-37(38)40)28-45(64)56-17-15-55(16-18-56)33-4-5-34-31(21-33)25-60(49(34)66)42-6-7-44(63)53-48(42)65/h4-5,8,12,21-24,26,32,42,46H,2-3,6-7,9-11,13-20,25,27-28H2,1H3,(H,53,63,65). The fraction of sp³-hybridized carbons (Fsp3) is 0.449. The number of nitrogens with one attached hydrogen (secondary N) is 1. The van der Waals surface area contributed by atoms with Crippen molar-refractivity contribution in [2.45, 2.75) is 90.0 Å². The molecule has 3 saturated heterocycles. The smallest absolute Gasteiger partial charge is 0.264 e. The van der Waals surface area contributed by atoms with Crippen LogP contribution in [-0.4, -0.2) is 122 Å². The Labute approximate surface area is 385 Å². The molecule has 5 amide bonds. The number of hydrogen-bond donors (Lipinski definition) is 1. The van der Waals surface area contributed by atoms with Crippen molar-refractivity contribution in [1.29, 1.82) is 0 Å². The lowest BCUT2D eigenvalue weighted by molar-refractivity contribution is -0.137. The van der Waals surface area contributed by atoms with E-state index < -0.39 is 18.4 Å². The van der Waals surface area contributed by atoms with Gasteiger partial charge in [-0.2, -0.15) is 5.10 Å². The van der Waals surface area contributed by atoms with E-state index in [0.717, 1.165) is 58.7 Å². The van der Waals surface area contributed by atoms with Crippen LogP contribution in [-0.2, 0) is 56.4 Å². The van der Waals surface area contributed by atoms with Crippen LogP contribution >= 0.6 is 0 Å². The number of rotatable bonds is 8. The molecule has 0 radical (unpaired) electrons. The van der Waals surface area contributed by atoms with Crippen molar-refractivity contribution < 1.29 is 37.5 Å². The molecule has 18 heteroatoms. The highest BCUT2D eigenvalue weighted by molar-refractivity contribution is 6.05. The SMILES string of the molecule is CC(=O)N1CCc2c(c(N3CCCc4cc(-c5cn(CC(=O)N6CCN(c7ccc8c(c7)CN(C7CCC(=O)NC7=O)C8=O)CC6)c6ccncc56)c(C(F)F)cc43)nn2C2CCOCC2)C1. The average Bonchev–Trinajstić information content (AvgIpc) is 4.01. The number of nitrogens with zero attached hydrogens (tertiary/aromatic N) is 9. The van der Waals surface area contributed by atoms with Crippen molar-refractivity contribution in [2.75, 3.05) is 62.3 Å². The van der Waals surface area contributed by atoms with E-state index in [4.69, 9.17) is 9.84 Å². The van der Waals surface area contributed by atoms with Crippen LogP contribution in [0.3, 0.4) is 0 Å². The van der Waals surface area contributed by atoms with Crippen molar-refractivity contribution in [3.63, 3.8) is 0 Å². The summed E-state index contributed by atoms with van der Waals surface area (Å²) in [5.41, 5.74) is 7.59. The number of pyridine rings is 1. The molecule has 67 heavy (non-hydrogen) atoms. The highest BCUT2D eigenvalue weighted by Gasteiger charge is 2.40. The normalized spacial score (nSPS) is 20.1. The summed E-state index contributed by atoms with van der Waals surface area (Å²) in [4.78, 5) is 78.0. The maximum atomic E-state index is 15.5. The Hall–Kier alpha value is -6.69. The molecule has 1 unspecified atom stereocenters. The van der Waals surface area contributed by atoms with Gasteiger partial charge >= 0.3 is 0 Å². The summed E-state index contributed by atoms with van der Waals surface area (Å²) < 4.78 is 40.6. The maximum absolute atomic E-state index is 15.5. The van der Waals surface area contributed by atoms with Crippen molar-refractivity contribution >= 4 is 57.6 Å². The van der Waals surface area contributed by atoms with E-state index in [2.05, 4.69) is 24.8 Å². The van der Waals surface area contributed by atoms with Crippen molar-refractivity contribution in [1.82, 2.24) is 39.3 Å². The zero-order valence-corrected chi connectivity index (χ0v) is 37.4. The van der Waals surface area contributed by atoms with E-state index in [1.807, 2.05) is 38.6 Å². The summed E-state index contributed by atoms with van der Waals surface area (Å²) in [6.07, 6.45) is 6.64. The zero-order valence-electron chi connectivity index (χ0n) is 37.4. The van der Waals surface area contributed by atoms with E-state index in [1.54, 1.807) is 37.6 Å². The first-order valence-corrected chi connectivity index (χ1v) is 23.4. The highest BCUT2D eigenvalue weighted by Crippen LogP contribution is 2.45. The van der Waals surface area contributed by atoms with Gasteiger partial charge in [0.2, 0.25) is 23.6 Å². The summed E-state index contributed by atoms with van der Waals surface area (Å²) in [7, 11) is 0. The molecule has 0 saturated carbocycles. The van der Waals surface area contributed by atoms with Gasteiger partial charge in [-0.05, 0) is 85.2 Å². The van der Waals surface area contributed by atoms with Gasteiger partial charge in [-0.25, -0.2) is 8.78 Å². The summed E-state index contributed by atoms with van der Waals surface area (Å²) in [6, 6.07) is 10.5. The van der Waals surface area contributed by atoms with Crippen LogP contribution < -0.4 is 15.1 Å². The van der Waals surface area contributed by atoms with Crippen molar-refractivity contribution in [3.05, 3.63) is 88.5 Å². The number of alkyl halides is 2. The van der Waals surface area contributed by atoms with Gasteiger partial charge in [-0.3, -0.25) is 39.0 Å². The predicted octanol–water partition coefficient (Wildman–Crippen LogP) is 5.29. The molecule has 0 spiro atoms. The molecule has 0 bridgehead atoms. The number of carbonyl (C=O) groups is 5. The number of anilines is 3. The van der Waals surface area contributed by atoms with E-state index >= 15 is 8.78 Å². The van der Waals surface area contributed by atoms with Crippen LogP contribution in [0.4, 0.5) is 26.0 Å².